The Labute approximate surface area is 155 Å². The van der Waals surface area contributed by atoms with Crippen molar-refractivity contribution in [3.05, 3.63) is 70.8 Å². The Kier molecular flexibility index (Phi) is 5.94. The highest BCUT2D eigenvalue weighted by Crippen LogP contribution is 2.25. The molecule has 0 spiro atoms. The lowest BCUT2D eigenvalue weighted by Crippen LogP contribution is -2.07. The molecule has 4 nitrogen and oxygen atoms in total. The number of para-hydroxylation sites is 1. The fraction of sp³-hybridized carbons (Fsp3) is 0.222. The fourth-order valence-corrected chi connectivity index (χ4v) is 3.45. The van der Waals surface area contributed by atoms with Gasteiger partial charge < -0.3 is 9.30 Å². The third kappa shape index (κ3) is 4.52. The fourth-order valence-electron chi connectivity index (χ4n) is 2.28. The molecule has 25 heavy (non-hydrogen) atoms. The van der Waals surface area contributed by atoms with E-state index in [9.17, 15) is 4.39 Å². The molecule has 0 amide bonds. The summed E-state index contributed by atoms with van der Waals surface area (Å²) in [5.74, 6) is 1.83. The highest BCUT2D eigenvalue weighted by atomic mass is 35.5. The second-order valence-corrected chi connectivity index (χ2v) is 6.63. The molecule has 0 radical (unpaired) electrons. The van der Waals surface area contributed by atoms with Crippen molar-refractivity contribution in [1.29, 1.82) is 0 Å². The van der Waals surface area contributed by atoms with Crippen molar-refractivity contribution >= 4 is 23.4 Å². The number of hydrogen-bond donors (Lipinski definition) is 0. The Bertz CT molecular complexity index is 839. The monoisotopic (exact) mass is 377 g/mol. The van der Waals surface area contributed by atoms with E-state index in [1.54, 1.807) is 30.0 Å². The summed E-state index contributed by atoms with van der Waals surface area (Å²) in [5, 5.41) is 9.84. The van der Waals surface area contributed by atoms with Crippen LogP contribution in [0.3, 0.4) is 0 Å². The van der Waals surface area contributed by atoms with E-state index in [1.165, 1.54) is 12.1 Å². The maximum absolute atomic E-state index is 13.0. The van der Waals surface area contributed by atoms with Gasteiger partial charge in [-0.05, 0) is 36.8 Å². The molecule has 0 bridgehead atoms. The van der Waals surface area contributed by atoms with Gasteiger partial charge in [-0.2, -0.15) is 0 Å². The first-order valence-corrected chi connectivity index (χ1v) is 9.20. The molecule has 3 rings (SSSR count). The Balaban J connectivity index is 1.66. The Morgan fingerprint density at radius 2 is 1.88 bits per heavy atom. The molecule has 3 aromatic rings. The van der Waals surface area contributed by atoms with Gasteiger partial charge in [0.05, 0.1) is 5.02 Å². The molecule has 0 atom stereocenters. The second-order valence-electron chi connectivity index (χ2n) is 5.28. The van der Waals surface area contributed by atoms with Crippen LogP contribution in [-0.2, 0) is 18.9 Å². The van der Waals surface area contributed by atoms with Gasteiger partial charge in [-0.3, -0.25) is 0 Å². The molecule has 1 aromatic heterocycles. The van der Waals surface area contributed by atoms with Crippen LogP contribution in [0.5, 0.6) is 5.75 Å². The number of nitrogens with zero attached hydrogens (tertiary/aromatic N) is 3. The van der Waals surface area contributed by atoms with Gasteiger partial charge in [0, 0.05) is 12.3 Å². The molecular weight excluding hydrogens is 361 g/mol. The van der Waals surface area contributed by atoms with Gasteiger partial charge in [0.25, 0.3) is 0 Å². The smallest absolute Gasteiger partial charge is 0.191 e. The number of thioether (sulfide) groups is 1. The minimum Gasteiger partial charge on any atom is -0.484 e. The van der Waals surface area contributed by atoms with Crippen molar-refractivity contribution in [2.45, 2.75) is 31.0 Å². The van der Waals surface area contributed by atoms with Gasteiger partial charge in [0.15, 0.2) is 11.0 Å². The molecule has 0 aliphatic heterocycles. The predicted molar refractivity (Wildman–Crippen MR) is 97.4 cm³/mol. The summed E-state index contributed by atoms with van der Waals surface area (Å²) in [7, 11) is 0. The van der Waals surface area contributed by atoms with Crippen molar-refractivity contribution in [2.75, 3.05) is 0 Å². The van der Waals surface area contributed by atoms with Crippen LogP contribution < -0.4 is 4.74 Å². The van der Waals surface area contributed by atoms with E-state index in [0.717, 1.165) is 23.1 Å². The summed E-state index contributed by atoms with van der Waals surface area (Å²) < 4.78 is 20.7. The first-order valence-electron chi connectivity index (χ1n) is 7.84. The summed E-state index contributed by atoms with van der Waals surface area (Å²) in [4.78, 5) is 0. The SMILES string of the molecule is CCn1c(COc2ccccc2Cl)nnc1SCc1ccc(F)cc1. The summed E-state index contributed by atoms with van der Waals surface area (Å²) in [6.45, 7) is 3.06. The van der Waals surface area contributed by atoms with Crippen LogP contribution in [0.1, 0.15) is 18.3 Å². The van der Waals surface area contributed by atoms with E-state index in [0.29, 0.717) is 23.1 Å². The van der Waals surface area contributed by atoms with Gasteiger partial charge in [0.2, 0.25) is 0 Å². The maximum Gasteiger partial charge on any atom is 0.191 e. The van der Waals surface area contributed by atoms with Crippen molar-refractivity contribution in [3.63, 3.8) is 0 Å². The van der Waals surface area contributed by atoms with Gasteiger partial charge >= 0.3 is 0 Å². The first kappa shape index (κ1) is 17.8. The third-order valence-electron chi connectivity index (χ3n) is 3.58. The quantitative estimate of drug-likeness (QED) is 0.545. The molecule has 1 heterocycles. The number of hydrogen-bond acceptors (Lipinski definition) is 4. The zero-order chi connectivity index (χ0) is 17.6. The average molecular weight is 378 g/mol. The van der Waals surface area contributed by atoms with E-state index in [4.69, 9.17) is 16.3 Å². The number of rotatable bonds is 7. The van der Waals surface area contributed by atoms with Crippen LogP contribution >= 0.6 is 23.4 Å². The van der Waals surface area contributed by atoms with Crippen molar-refractivity contribution in [3.8, 4) is 5.75 Å². The molecule has 2 aromatic carbocycles. The predicted octanol–water partition coefficient (Wildman–Crippen LogP) is 4.96. The molecular formula is C18H17ClFN3OS. The Hall–Kier alpha value is -2.05. The number of halogens is 2. The van der Waals surface area contributed by atoms with E-state index in [-0.39, 0.29) is 5.82 Å². The lowest BCUT2D eigenvalue weighted by molar-refractivity contribution is 0.288. The van der Waals surface area contributed by atoms with Crippen molar-refractivity contribution < 1.29 is 9.13 Å². The molecule has 0 unspecified atom stereocenters. The normalized spacial score (nSPS) is 10.8. The molecule has 0 N–H and O–H groups in total. The zero-order valence-electron chi connectivity index (χ0n) is 13.7. The van der Waals surface area contributed by atoms with Gasteiger partial charge in [-0.1, -0.05) is 47.6 Å². The van der Waals surface area contributed by atoms with Gasteiger partial charge in [-0.15, -0.1) is 10.2 Å². The van der Waals surface area contributed by atoms with E-state index in [1.807, 2.05) is 29.7 Å². The lowest BCUT2D eigenvalue weighted by atomic mass is 10.2. The number of benzene rings is 2. The molecule has 0 fully saturated rings. The highest BCUT2D eigenvalue weighted by Gasteiger charge is 2.13. The number of ether oxygens (including phenoxy) is 1. The van der Waals surface area contributed by atoms with Crippen LogP contribution in [0.15, 0.2) is 53.7 Å². The van der Waals surface area contributed by atoms with Crippen molar-refractivity contribution in [2.24, 2.45) is 0 Å². The lowest BCUT2D eigenvalue weighted by Gasteiger charge is -2.09. The van der Waals surface area contributed by atoms with Crippen LogP contribution in [-0.4, -0.2) is 14.8 Å². The summed E-state index contributed by atoms with van der Waals surface area (Å²) >= 11 is 7.66. The van der Waals surface area contributed by atoms with Crippen LogP contribution in [0, 0.1) is 5.82 Å². The topological polar surface area (TPSA) is 39.9 Å². The largest absolute Gasteiger partial charge is 0.484 e. The molecule has 0 saturated carbocycles. The maximum atomic E-state index is 13.0. The molecule has 130 valence electrons. The zero-order valence-corrected chi connectivity index (χ0v) is 15.2. The molecule has 0 aliphatic rings. The van der Waals surface area contributed by atoms with Crippen LogP contribution in [0.25, 0.3) is 0 Å². The summed E-state index contributed by atoms with van der Waals surface area (Å²) in [5.41, 5.74) is 1.03. The van der Waals surface area contributed by atoms with Crippen LogP contribution in [0.4, 0.5) is 4.39 Å². The van der Waals surface area contributed by atoms with Crippen LogP contribution in [0.2, 0.25) is 5.02 Å². The van der Waals surface area contributed by atoms with E-state index in [2.05, 4.69) is 10.2 Å². The Morgan fingerprint density at radius 3 is 2.60 bits per heavy atom. The minimum absolute atomic E-state index is 0.232. The molecule has 0 saturated heterocycles. The van der Waals surface area contributed by atoms with E-state index < -0.39 is 0 Å². The highest BCUT2D eigenvalue weighted by molar-refractivity contribution is 7.98. The second kappa shape index (κ2) is 8.36. The summed E-state index contributed by atoms with van der Waals surface area (Å²) in [6, 6.07) is 13.8. The van der Waals surface area contributed by atoms with Crippen molar-refractivity contribution in [1.82, 2.24) is 14.8 Å². The Morgan fingerprint density at radius 1 is 1.12 bits per heavy atom. The third-order valence-corrected chi connectivity index (χ3v) is 4.93. The first-order chi connectivity index (χ1) is 12.2. The molecule has 0 aliphatic carbocycles. The number of aromatic nitrogens is 3. The standard InChI is InChI=1S/C18H17ClFN3OS/c1-2-23-17(11-24-16-6-4-3-5-15(16)19)21-22-18(23)25-12-13-7-9-14(20)10-8-13/h3-10H,2,11-12H2,1H3. The van der Waals surface area contributed by atoms with E-state index >= 15 is 0 Å². The average Bonchev–Trinajstić information content (AvgIpc) is 3.02. The summed E-state index contributed by atoms with van der Waals surface area (Å²) in [6.07, 6.45) is 0. The van der Waals surface area contributed by atoms with Gasteiger partial charge in [0.1, 0.15) is 18.2 Å². The molecule has 7 heteroatoms. The minimum atomic E-state index is -0.232. The van der Waals surface area contributed by atoms with Gasteiger partial charge in [-0.25, -0.2) is 4.39 Å².